The van der Waals surface area contributed by atoms with Gasteiger partial charge < -0.3 is 30.4 Å². The van der Waals surface area contributed by atoms with E-state index in [4.69, 9.17) is 25.3 Å². The maximum absolute atomic E-state index is 10.1. The minimum atomic E-state index is -2.80. The van der Waals surface area contributed by atoms with Crippen molar-refractivity contribution in [2.24, 2.45) is 0 Å². The Morgan fingerprint density at radius 1 is 0.676 bits per heavy atom. The van der Waals surface area contributed by atoms with Crippen LogP contribution in [-0.4, -0.2) is 76.4 Å². The van der Waals surface area contributed by atoms with Gasteiger partial charge in [-0.2, -0.15) is 0 Å². The van der Waals surface area contributed by atoms with Crippen LogP contribution in [-0.2, 0) is 25.3 Å². The predicted octanol–water partition coefficient (Wildman–Crippen LogP) is 6.64. The lowest BCUT2D eigenvalue weighted by Gasteiger charge is -2.45. The fourth-order valence-electron chi connectivity index (χ4n) is 4.98. The topological polar surface area (TPSA) is 75.6 Å². The molecular formula is C24H54O7Si6. The van der Waals surface area contributed by atoms with Crippen LogP contribution in [0.1, 0.15) is 18.4 Å². The van der Waals surface area contributed by atoms with E-state index < -0.39 is 50.9 Å². The SMILES string of the molecule is CO[Si](CO)(CC[Si](C)(O[Si](C)(C)C)O[Si](C)(CC(C)c1ccccc1)O[Si](C)(C)O[Si](C)(C)C)OC. The number of hydrogen-bond donors (Lipinski definition) is 1. The van der Waals surface area contributed by atoms with E-state index in [1.807, 2.05) is 6.07 Å². The number of aliphatic hydroxyl groups excluding tert-OH is 1. The van der Waals surface area contributed by atoms with Crippen LogP contribution in [0.5, 0.6) is 0 Å². The highest BCUT2D eigenvalue weighted by Gasteiger charge is 2.51. The van der Waals surface area contributed by atoms with E-state index in [0.29, 0.717) is 12.1 Å². The molecule has 3 atom stereocenters. The molecule has 1 aromatic rings. The number of hydrogen-bond acceptors (Lipinski definition) is 7. The molecular weight excluding hydrogens is 569 g/mol. The van der Waals surface area contributed by atoms with Gasteiger partial charge in [-0.1, -0.05) is 37.3 Å². The van der Waals surface area contributed by atoms with Crippen molar-refractivity contribution in [1.82, 2.24) is 0 Å². The average Bonchev–Trinajstić information content (AvgIpc) is 2.71. The molecule has 0 aliphatic heterocycles. The van der Waals surface area contributed by atoms with E-state index in [1.54, 1.807) is 14.2 Å². The summed E-state index contributed by atoms with van der Waals surface area (Å²) in [6.45, 7) is 24.1. The predicted molar refractivity (Wildman–Crippen MR) is 168 cm³/mol. The molecule has 7 nitrogen and oxygen atoms in total. The van der Waals surface area contributed by atoms with Crippen LogP contribution in [0.25, 0.3) is 0 Å². The van der Waals surface area contributed by atoms with Gasteiger partial charge in [-0.05, 0) is 95.1 Å². The smallest absolute Gasteiger partial charge is 0.363 e. The molecule has 0 radical (unpaired) electrons. The molecule has 0 aromatic heterocycles. The summed E-state index contributed by atoms with van der Waals surface area (Å²) in [5, 5.41) is 10.1. The van der Waals surface area contributed by atoms with Gasteiger partial charge >= 0.3 is 34.2 Å². The Balaban J connectivity index is 3.42. The molecule has 3 unspecified atom stereocenters. The van der Waals surface area contributed by atoms with Crippen molar-refractivity contribution in [1.29, 1.82) is 0 Å². The quantitative estimate of drug-likeness (QED) is 0.195. The molecule has 216 valence electrons. The molecule has 0 heterocycles. The van der Waals surface area contributed by atoms with E-state index in [-0.39, 0.29) is 12.1 Å². The minimum Gasteiger partial charge on any atom is -0.437 e. The third-order valence-electron chi connectivity index (χ3n) is 5.96. The van der Waals surface area contributed by atoms with Crippen LogP contribution in [0, 0.1) is 0 Å². The normalized spacial score (nSPS) is 17.8. The Bertz CT molecular complexity index is 806. The highest BCUT2D eigenvalue weighted by Crippen LogP contribution is 2.36. The molecule has 0 saturated carbocycles. The molecule has 1 rings (SSSR count). The molecule has 0 bridgehead atoms. The van der Waals surface area contributed by atoms with Crippen LogP contribution < -0.4 is 0 Å². The molecule has 1 N–H and O–H groups in total. The van der Waals surface area contributed by atoms with Crippen LogP contribution in [0.3, 0.4) is 0 Å². The number of aliphatic hydroxyl groups is 1. The highest BCUT2D eigenvalue weighted by atomic mass is 28.5. The van der Waals surface area contributed by atoms with Crippen LogP contribution in [0.15, 0.2) is 30.3 Å². The van der Waals surface area contributed by atoms with E-state index in [2.05, 4.69) is 96.7 Å². The van der Waals surface area contributed by atoms with Crippen molar-refractivity contribution in [2.75, 3.05) is 20.4 Å². The average molecular weight is 623 g/mol. The van der Waals surface area contributed by atoms with Gasteiger partial charge in [-0.25, -0.2) is 0 Å². The zero-order valence-corrected chi connectivity index (χ0v) is 31.7. The van der Waals surface area contributed by atoms with E-state index >= 15 is 0 Å². The fourth-order valence-corrected chi connectivity index (χ4v) is 32.7. The summed E-state index contributed by atoms with van der Waals surface area (Å²) in [6, 6.07) is 12.7. The zero-order valence-electron chi connectivity index (χ0n) is 25.7. The van der Waals surface area contributed by atoms with Gasteiger partial charge in [0.1, 0.15) is 0 Å². The van der Waals surface area contributed by atoms with Gasteiger partial charge in [0.2, 0.25) is 0 Å². The summed E-state index contributed by atoms with van der Waals surface area (Å²) in [6.07, 6.45) is -0.0995. The molecule has 37 heavy (non-hydrogen) atoms. The molecule has 0 fully saturated rings. The summed E-state index contributed by atoms with van der Waals surface area (Å²) in [5.41, 5.74) is 1.28. The molecule has 0 spiro atoms. The van der Waals surface area contributed by atoms with Crippen LogP contribution >= 0.6 is 0 Å². The Kier molecular flexibility index (Phi) is 13.1. The second kappa shape index (κ2) is 13.7. The molecule has 13 heteroatoms. The number of benzene rings is 1. The molecule has 0 amide bonds. The summed E-state index contributed by atoms with van der Waals surface area (Å²) in [5.74, 6) is 0.267. The van der Waals surface area contributed by atoms with E-state index in [1.165, 1.54) is 5.56 Å². The van der Waals surface area contributed by atoms with Crippen molar-refractivity contribution >= 4 is 50.9 Å². The maximum atomic E-state index is 10.1. The molecule has 1 aromatic carbocycles. The lowest BCUT2D eigenvalue weighted by molar-refractivity contribution is 0.196. The molecule has 0 aliphatic rings. The summed E-state index contributed by atoms with van der Waals surface area (Å²) in [7, 11) is -11.3. The third kappa shape index (κ3) is 13.0. The van der Waals surface area contributed by atoms with Crippen molar-refractivity contribution in [3.05, 3.63) is 35.9 Å². The maximum Gasteiger partial charge on any atom is 0.363 e. The summed E-state index contributed by atoms with van der Waals surface area (Å²) in [4.78, 5) is 0. The van der Waals surface area contributed by atoms with Gasteiger partial charge in [-0.15, -0.1) is 0 Å². The van der Waals surface area contributed by atoms with Gasteiger partial charge in [0, 0.05) is 14.2 Å². The summed E-state index contributed by atoms with van der Waals surface area (Å²) < 4.78 is 39.2. The lowest BCUT2D eigenvalue weighted by atomic mass is 10.0. The van der Waals surface area contributed by atoms with E-state index in [0.717, 1.165) is 6.04 Å². The van der Waals surface area contributed by atoms with Crippen molar-refractivity contribution in [3.63, 3.8) is 0 Å². The highest BCUT2D eigenvalue weighted by molar-refractivity contribution is 6.91. The van der Waals surface area contributed by atoms with Crippen LogP contribution in [0.2, 0.25) is 83.6 Å². The standard InChI is InChI=1S/C24H54O7Si6/c1-23(24-17-15-14-16-18-24)21-36(13,30-34(10,11)28-32(4,5)6)31-35(12,29-33(7,8)9)19-20-37(22-25,26-2)27-3/h14-18,23,25H,19-22H2,1-13H3. The lowest BCUT2D eigenvalue weighted by Crippen LogP contribution is -2.61. The molecule has 0 saturated heterocycles. The van der Waals surface area contributed by atoms with Gasteiger partial charge in [-0.3, -0.25) is 0 Å². The first-order chi connectivity index (χ1) is 16.7. The monoisotopic (exact) mass is 622 g/mol. The first-order valence-corrected chi connectivity index (χ1v) is 30.2. The first-order valence-electron chi connectivity index (χ1n) is 13.3. The minimum absolute atomic E-state index is 0.0995. The Morgan fingerprint density at radius 3 is 1.62 bits per heavy atom. The number of rotatable bonds is 17. The van der Waals surface area contributed by atoms with Crippen molar-refractivity contribution in [2.45, 2.75) is 96.4 Å². The van der Waals surface area contributed by atoms with Crippen molar-refractivity contribution in [3.8, 4) is 0 Å². The second-order valence-electron chi connectivity index (χ2n) is 12.8. The largest absolute Gasteiger partial charge is 0.437 e. The molecule has 0 aliphatic carbocycles. The Hall–Kier alpha value is 0.241. The fraction of sp³-hybridized carbons (Fsp3) is 0.750. The van der Waals surface area contributed by atoms with Crippen LogP contribution in [0.4, 0.5) is 0 Å². The Labute approximate surface area is 233 Å². The van der Waals surface area contributed by atoms with Gasteiger partial charge in [0.25, 0.3) is 0 Å². The van der Waals surface area contributed by atoms with Gasteiger partial charge in [0.05, 0.1) is 6.23 Å². The van der Waals surface area contributed by atoms with Crippen molar-refractivity contribution < 1.29 is 30.4 Å². The Morgan fingerprint density at radius 2 is 1.19 bits per heavy atom. The zero-order chi connectivity index (χ0) is 28.8. The second-order valence-corrected chi connectivity index (χ2v) is 36.2. The third-order valence-corrected chi connectivity index (χ3v) is 27.7. The van der Waals surface area contributed by atoms with E-state index in [9.17, 15) is 5.11 Å². The first kappa shape index (κ1) is 35.3. The summed E-state index contributed by atoms with van der Waals surface area (Å²) >= 11 is 0. The van der Waals surface area contributed by atoms with Gasteiger partial charge in [0.15, 0.2) is 16.6 Å².